The van der Waals surface area contributed by atoms with E-state index in [1.165, 1.54) is 12.3 Å². The topological polar surface area (TPSA) is 68.1 Å². The number of halogens is 1. The maximum Gasteiger partial charge on any atom is 0.277 e. The normalized spacial score (nSPS) is 10.3. The van der Waals surface area contributed by atoms with Crippen molar-refractivity contribution in [1.82, 2.24) is 4.98 Å². The van der Waals surface area contributed by atoms with Crippen LogP contribution in [0.25, 0.3) is 0 Å². The van der Waals surface area contributed by atoms with Crippen LogP contribution in [0.5, 0.6) is 0 Å². The predicted octanol–water partition coefficient (Wildman–Crippen LogP) is 3.73. The van der Waals surface area contributed by atoms with Crippen LogP contribution in [0.4, 0.5) is 11.5 Å². The van der Waals surface area contributed by atoms with Gasteiger partial charge < -0.3 is 5.32 Å². The molecule has 0 aliphatic carbocycles. The first kappa shape index (κ1) is 13.0. The van der Waals surface area contributed by atoms with Gasteiger partial charge in [-0.05, 0) is 35.0 Å². The number of rotatable bonds is 4. The molecular weight excluding hydrogens is 318 g/mol. The molecule has 0 saturated heterocycles. The van der Waals surface area contributed by atoms with E-state index in [1.54, 1.807) is 18.3 Å². The maximum absolute atomic E-state index is 10.8. The number of nitrogens with zero attached hydrogens (tertiary/aromatic N) is 2. The number of hydrogen-bond donors (Lipinski definition) is 1. The molecule has 0 aliphatic rings. The molecule has 18 heavy (non-hydrogen) atoms. The molecule has 0 unspecified atom stereocenters. The summed E-state index contributed by atoms with van der Waals surface area (Å²) in [6.07, 6.45) is 1.50. The number of aromatic nitrogens is 1. The number of aryl methyl sites for hydroxylation is 1. The Morgan fingerprint density at radius 3 is 2.94 bits per heavy atom. The van der Waals surface area contributed by atoms with Gasteiger partial charge in [0.2, 0.25) is 0 Å². The van der Waals surface area contributed by atoms with Crippen LogP contribution in [0.2, 0.25) is 0 Å². The Morgan fingerprint density at radius 2 is 2.33 bits per heavy atom. The quantitative estimate of drug-likeness (QED) is 0.686. The van der Waals surface area contributed by atoms with Crippen molar-refractivity contribution in [1.29, 1.82) is 0 Å². The number of thiophene rings is 1. The fourth-order valence-electron chi connectivity index (χ4n) is 1.43. The van der Waals surface area contributed by atoms with Gasteiger partial charge in [-0.25, -0.2) is 4.98 Å². The lowest BCUT2D eigenvalue weighted by molar-refractivity contribution is -0.385. The molecule has 0 aromatic carbocycles. The van der Waals surface area contributed by atoms with Crippen molar-refractivity contribution in [2.45, 2.75) is 13.5 Å². The molecule has 0 bridgehead atoms. The predicted molar refractivity (Wildman–Crippen MR) is 75.0 cm³/mol. The lowest BCUT2D eigenvalue weighted by Crippen LogP contribution is -2.01. The molecule has 2 rings (SSSR count). The van der Waals surface area contributed by atoms with E-state index in [4.69, 9.17) is 0 Å². The molecule has 0 amide bonds. The van der Waals surface area contributed by atoms with Gasteiger partial charge in [0, 0.05) is 16.6 Å². The summed E-state index contributed by atoms with van der Waals surface area (Å²) < 4.78 is 1.06. The molecule has 5 nitrogen and oxygen atoms in total. The average Bonchev–Trinajstić information content (AvgIpc) is 2.74. The lowest BCUT2D eigenvalue weighted by Gasteiger charge is -2.04. The number of nitrogens with one attached hydrogen (secondary N) is 1. The average molecular weight is 328 g/mol. The summed E-state index contributed by atoms with van der Waals surface area (Å²) in [5.41, 5.74) is 0.643. The minimum atomic E-state index is -0.399. The zero-order valence-electron chi connectivity index (χ0n) is 9.51. The Hall–Kier alpha value is -1.47. The second kappa shape index (κ2) is 5.45. The van der Waals surface area contributed by atoms with Crippen molar-refractivity contribution in [3.63, 3.8) is 0 Å². The van der Waals surface area contributed by atoms with Gasteiger partial charge in [-0.15, -0.1) is 11.3 Å². The van der Waals surface area contributed by atoms with Crippen molar-refractivity contribution in [2.24, 2.45) is 0 Å². The van der Waals surface area contributed by atoms with Gasteiger partial charge in [-0.2, -0.15) is 0 Å². The summed E-state index contributed by atoms with van der Waals surface area (Å²) in [7, 11) is 0. The molecule has 0 spiro atoms. The molecule has 94 valence electrons. The van der Waals surface area contributed by atoms with E-state index in [-0.39, 0.29) is 5.69 Å². The third kappa shape index (κ3) is 3.05. The van der Waals surface area contributed by atoms with Gasteiger partial charge in [0.05, 0.1) is 21.3 Å². The number of nitro groups is 1. The standard InChI is InChI=1S/C11H10BrN3O2S/c1-7-5-13-11(4-9(7)15(16)17)14-6-8-2-3-10(12)18-8/h2-5H,6H2,1H3,(H,13,14). The molecular formula is C11H10BrN3O2S. The first-order chi connectivity index (χ1) is 8.56. The Morgan fingerprint density at radius 1 is 1.56 bits per heavy atom. The molecule has 2 aromatic heterocycles. The van der Waals surface area contributed by atoms with Crippen LogP contribution in [0, 0.1) is 17.0 Å². The summed E-state index contributed by atoms with van der Waals surface area (Å²) >= 11 is 5.00. The van der Waals surface area contributed by atoms with Crippen LogP contribution in [0.3, 0.4) is 0 Å². The van der Waals surface area contributed by atoms with Crippen molar-refractivity contribution in [3.8, 4) is 0 Å². The Kier molecular flexibility index (Phi) is 3.93. The Labute approximate surface area is 116 Å². The number of hydrogen-bond acceptors (Lipinski definition) is 5. The molecule has 0 atom stereocenters. The second-order valence-corrected chi connectivity index (χ2v) is 6.22. The van der Waals surface area contributed by atoms with E-state index < -0.39 is 4.92 Å². The molecule has 2 heterocycles. The highest BCUT2D eigenvalue weighted by Gasteiger charge is 2.11. The van der Waals surface area contributed by atoms with Crippen molar-refractivity contribution < 1.29 is 4.92 Å². The fraction of sp³-hybridized carbons (Fsp3) is 0.182. The van der Waals surface area contributed by atoms with Crippen LogP contribution >= 0.6 is 27.3 Å². The van der Waals surface area contributed by atoms with Gasteiger partial charge in [-0.3, -0.25) is 10.1 Å². The molecule has 0 fully saturated rings. The third-order valence-corrected chi connectivity index (χ3v) is 3.97. The Bertz CT molecular complexity index is 585. The van der Waals surface area contributed by atoms with Gasteiger partial charge in [0.1, 0.15) is 5.82 Å². The number of pyridine rings is 1. The Balaban J connectivity index is 2.10. The molecule has 0 saturated carbocycles. The zero-order chi connectivity index (χ0) is 13.1. The summed E-state index contributed by atoms with van der Waals surface area (Å²) in [5, 5.41) is 13.9. The third-order valence-electron chi connectivity index (χ3n) is 2.34. The van der Waals surface area contributed by atoms with E-state index in [0.717, 1.165) is 8.66 Å². The highest BCUT2D eigenvalue weighted by molar-refractivity contribution is 9.11. The molecule has 0 radical (unpaired) electrons. The first-order valence-electron chi connectivity index (χ1n) is 5.15. The SMILES string of the molecule is Cc1cnc(NCc2ccc(Br)s2)cc1[N+](=O)[O-]. The smallest absolute Gasteiger partial charge is 0.277 e. The molecule has 0 aliphatic heterocycles. The van der Waals surface area contributed by atoms with E-state index in [2.05, 4.69) is 26.2 Å². The number of anilines is 1. The summed E-state index contributed by atoms with van der Waals surface area (Å²) in [5.74, 6) is 0.511. The molecule has 2 aromatic rings. The van der Waals surface area contributed by atoms with Gasteiger partial charge in [0.25, 0.3) is 5.69 Å². The van der Waals surface area contributed by atoms with Crippen LogP contribution in [0.1, 0.15) is 10.4 Å². The summed E-state index contributed by atoms with van der Waals surface area (Å²) in [4.78, 5) is 15.7. The van der Waals surface area contributed by atoms with Crippen molar-refractivity contribution in [2.75, 3.05) is 5.32 Å². The van der Waals surface area contributed by atoms with E-state index in [0.29, 0.717) is 17.9 Å². The molecule has 1 N–H and O–H groups in total. The first-order valence-corrected chi connectivity index (χ1v) is 6.76. The van der Waals surface area contributed by atoms with Gasteiger partial charge in [0.15, 0.2) is 0 Å². The van der Waals surface area contributed by atoms with E-state index >= 15 is 0 Å². The van der Waals surface area contributed by atoms with Crippen LogP contribution in [-0.2, 0) is 6.54 Å². The minimum Gasteiger partial charge on any atom is -0.365 e. The largest absolute Gasteiger partial charge is 0.365 e. The van der Waals surface area contributed by atoms with Gasteiger partial charge >= 0.3 is 0 Å². The second-order valence-electron chi connectivity index (χ2n) is 3.67. The van der Waals surface area contributed by atoms with Crippen molar-refractivity contribution in [3.05, 3.63) is 48.7 Å². The zero-order valence-corrected chi connectivity index (χ0v) is 11.9. The highest BCUT2D eigenvalue weighted by atomic mass is 79.9. The molecule has 7 heteroatoms. The fourth-order valence-corrected chi connectivity index (χ4v) is 2.85. The van der Waals surface area contributed by atoms with Crippen LogP contribution < -0.4 is 5.32 Å². The van der Waals surface area contributed by atoms with Crippen molar-refractivity contribution >= 4 is 38.8 Å². The highest BCUT2D eigenvalue weighted by Crippen LogP contribution is 2.24. The summed E-state index contributed by atoms with van der Waals surface area (Å²) in [6.45, 7) is 2.27. The monoisotopic (exact) mass is 327 g/mol. The lowest BCUT2D eigenvalue weighted by atomic mass is 10.2. The van der Waals surface area contributed by atoms with Gasteiger partial charge in [-0.1, -0.05) is 0 Å². The summed E-state index contributed by atoms with van der Waals surface area (Å²) in [6, 6.07) is 5.41. The van der Waals surface area contributed by atoms with E-state index in [9.17, 15) is 10.1 Å². The maximum atomic E-state index is 10.8. The minimum absolute atomic E-state index is 0.0832. The van der Waals surface area contributed by atoms with Crippen LogP contribution in [0.15, 0.2) is 28.2 Å². The van der Waals surface area contributed by atoms with E-state index in [1.807, 2.05) is 12.1 Å². The van der Waals surface area contributed by atoms with Crippen LogP contribution in [-0.4, -0.2) is 9.91 Å².